The zero-order valence-corrected chi connectivity index (χ0v) is 12.7. The summed E-state index contributed by atoms with van der Waals surface area (Å²) in [6.45, 7) is 9.59. The lowest BCUT2D eigenvalue weighted by Gasteiger charge is -2.42. The average molecular weight is 279 g/mol. The maximum atomic E-state index is 3.57. The van der Waals surface area contributed by atoms with Crippen molar-refractivity contribution in [1.29, 1.82) is 0 Å². The lowest BCUT2D eigenvalue weighted by atomic mass is 10.1. The number of hydrogen-bond acceptors (Lipinski definition) is 4. The molecule has 2 unspecified atom stereocenters. The van der Waals surface area contributed by atoms with Crippen molar-refractivity contribution in [2.45, 2.75) is 38.4 Å². The molecule has 1 aromatic rings. The topological polar surface area (TPSA) is 18.5 Å². The Labute approximate surface area is 120 Å². The SMILES string of the molecule is CC1CN2CCCC2CN1CCNCc1cccs1. The summed E-state index contributed by atoms with van der Waals surface area (Å²) in [4.78, 5) is 6.81. The highest BCUT2D eigenvalue weighted by Crippen LogP contribution is 2.24. The standard InChI is InChI=1S/C15H25N3S/c1-13-11-18-7-2-4-14(18)12-17(13)8-6-16-10-15-5-3-9-19-15/h3,5,9,13-14,16H,2,4,6-8,10-12H2,1H3. The second-order valence-electron chi connectivity index (χ2n) is 5.89. The number of piperazine rings is 1. The number of nitrogens with zero attached hydrogens (tertiary/aromatic N) is 2. The van der Waals surface area contributed by atoms with Crippen LogP contribution in [-0.4, -0.2) is 54.6 Å². The highest BCUT2D eigenvalue weighted by Gasteiger charge is 2.33. The van der Waals surface area contributed by atoms with Gasteiger partial charge in [-0.1, -0.05) is 6.07 Å². The van der Waals surface area contributed by atoms with Gasteiger partial charge in [-0.05, 0) is 37.8 Å². The Balaban J connectivity index is 1.39. The monoisotopic (exact) mass is 279 g/mol. The van der Waals surface area contributed by atoms with E-state index in [1.807, 2.05) is 11.3 Å². The summed E-state index contributed by atoms with van der Waals surface area (Å²) in [7, 11) is 0. The number of nitrogens with one attached hydrogen (secondary N) is 1. The molecule has 0 aliphatic carbocycles. The molecular formula is C15H25N3S. The molecule has 0 aromatic carbocycles. The first kappa shape index (κ1) is 13.6. The third-order valence-corrected chi connectivity index (χ3v) is 5.40. The van der Waals surface area contributed by atoms with Crippen LogP contribution < -0.4 is 5.32 Å². The van der Waals surface area contributed by atoms with Gasteiger partial charge in [0, 0.05) is 49.7 Å². The number of fused-ring (bicyclic) bond motifs is 1. The van der Waals surface area contributed by atoms with Gasteiger partial charge < -0.3 is 5.32 Å². The second-order valence-corrected chi connectivity index (χ2v) is 6.92. The van der Waals surface area contributed by atoms with Crippen LogP contribution in [0.5, 0.6) is 0 Å². The van der Waals surface area contributed by atoms with Crippen LogP contribution in [0.1, 0.15) is 24.6 Å². The second kappa shape index (κ2) is 6.35. The Morgan fingerprint density at radius 1 is 1.42 bits per heavy atom. The molecule has 0 spiro atoms. The molecular weight excluding hydrogens is 254 g/mol. The summed E-state index contributed by atoms with van der Waals surface area (Å²) in [5.74, 6) is 0. The van der Waals surface area contributed by atoms with Gasteiger partial charge in [-0.15, -0.1) is 11.3 Å². The van der Waals surface area contributed by atoms with Gasteiger partial charge in [-0.2, -0.15) is 0 Å². The van der Waals surface area contributed by atoms with E-state index in [4.69, 9.17) is 0 Å². The summed E-state index contributed by atoms with van der Waals surface area (Å²) in [5.41, 5.74) is 0. The molecule has 0 radical (unpaired) electrons. The molecule has 2 atom stereocenters. The van der Waals surface area contributed by atoms with E-state index in [1.54, 1.807) is 0 Å². The fourth-order valence-electron chi connectivity index (χ4n) is 3.41. The van der Waals surface area contributed by atoms with Crippen molar-refractivity contribution in [2.24, 2.45) is 0 Å². The largest absolute Gasteiger partial charge is 0.311 e. The van der Waals surface area contributed by atoms with E-state index >= 15 is 0 Å². The van der Waals surface area contributed by atoms with E-state index in [2.05, 4.69) is 39.6 Å². The van der Waals surface area contributed by atoms with Crippen molar-refractivity contribution in [2.75, 3.05) is 32.7 Å². The first-order valence-electron chi connectivity index (χ1n) is 7.54. The first-order valence-corrected chi connectivity index (χ1v) is 8.42. The van der Waals surface area contributed by atoms with E-state index < -0.39 is 0 Å². The number of rotatable bonds is 5. The molecule has 2 saturated heterocycles. The zero-order chi connectivity index (χ0) is 13.1. The molecule has 0 amide bonds. The summed E-state index contributed by atoms with van der Waals surface area (Å²) >= 11 is 1.84. The third-order valence-electron chi connectivity index (χ3n) is 4.52. The fraction of sp³-hybridized carbons (Fsp3) is 0.733. The molecule has 19 heavy (non-hydrogen) atoms. The molecule has 106 valence electrons. The van der Waals surface area contributed by atoms with E-state index in [0.29, 0.717) is 0 Å². The fourth-order valence-corrected chi connectivity index (χ4v) is 4.08. The Hall–Kier alpha value is -0.420. The minimum Gasteiger partial charge on any atom is -0.311 e. The van der Waals surface area contributed by atoms with Gasteiger partial charge in [-0.3, -0.25) is 9.80 Å². The maximum absolute atomic E-state index is 3.57. The molecule has 1 aromatic heterocycles. The van der Waals surface area contributed by atoms with Crippen molar-refractivity contribution in [3.05, 3.63) is 22.4 Å². The Morgan fingerprint density at radius 3 is 3.21 bits per heavy atom. The van der Waals surface area contributed by atoms with Crippen molar-refractivity contribution < 1.29 is 0 Å². The van der Waals surface area contributed by atoms with Crippen molar-refractivity contribution in [3.8, 4) is 0 Å². The van der Waals surface area contributed by atoms with E-state index in [0.717, 1.165) is 25.2 Å². The molecule has 4 heteroatoms. The molecule has 3 rings (SSSR count). The number of hydrogen-bond donors (Lipinski definition) is 1. The molecule has 2 aliphatic heterocycles. The van der Waals surface area contributed by atoms with Crippen molar-refractivity contribution >= 4 is 11.3 Å². The van der Waals surface area contributed by atoms with Crippen LogP contribution in [0.15, 0.2) is 17.5 Å². The molecule has 2 aliphatic rings. The van der Waals surface area contributed by atoms with Crippen molar-refractivity contribution in [3.63, 3.8) is 0 Å². The molecule has 3 heterocycles. The van der Waals surface area contributed by atoms with Gasteiger partial charge in [0.15, 0.2) is 0 Å². The lowest BCUT2D eigenvalue weighted by molar-refractivity contribution is 0.0603. The van der Waals surface area contributed by atoms with E-state index in [-0.39, 0.29) is 0 Å². The average Bonchev–Trinajstić information content (AvgIpc) is 3.05. The van der Waals surface area contributed by atoms with Crippen LogP contribution in [0, 0.1) is 0 Å². The lowest BCUT2D eigenvalue weighted by Crippen LogP contribution is -2.55. The van der Waals surface area contributed by atoms with Crippen LogP contribution in [0.4, 0.5) is 0 Å². The van der Waals surface area contributed by atoms with Crippen LogP contribution in [-0.2, 0) is 6.54 Å². The minimum absolute atomic E-state index is 0.720. The predicted molar refractivity (Wildman–Crippen MR) is 81.7 cm³/mol. The van der Waals surface area contributed by atoms with Gasteiger partial charge in [0.2, 0.25) is 0 Å². The summed E-state index contributed by atoms with van der Waals surface area (Å²) in [6, 6.07) is 5.90. The molecule has 1 N–H and O–H groups in total. The van der Waals surface area contributed by atoms with Crippen LogP contribution in [0.3, 0.4) is 0 Å². The van der Waals surface area contributed by atoms with Crippen LogP contribution in [0.2, 0.25) is 0 Å². The Kier molecular flexibility index (Phi) is 4.53. The van der Waals surface area contributed by atoms with E-state index in [9.17, 15) is 0 Å². The smallest absolute Gasteiger partial charge is 0.0300 e. The van der Waals surface area contributed by atoms with Crippen LogP contribution in [0.25, 0.3) is 0 Å². The molecule has 0 bridgehead atoms. The van der Waals surface area contributed by atoms with Gasteiger partial charge in [0.1, 0.15) is 0 Å². The zero-order valence-electron chi connectivity index (χ0n) is 11.8. The third kappa shape index (κ3) is 3.37. The Morgan fingerprint density at radius 2 is 2.37 bits per heavy atom. The number of thiophene rings is 1. The summed E-state index contributed by atoms with van der Waals surface area (Å²) in [5, 5.41) is 5.72. The highest BCUT2D eigenvalue weighted by atomic mass is 32.1. The molecule has 3 nitrogen and oxygen atoms in total. The summed E-state index contributed by atoms with van der Waals surface area (Å²) < 4.78 is 0. The molecule has 0 saturated carbocycles. The first-order chi connectivity index (χ1) is 9.33. The van der Waals surface area contributed by atoms with Crippen molar-refractivity contribution in [1.82, 2.24) is 15.1 Å². The maximum Gasteiger partial charge on any atom is 0.0300 e. The predicted octanol–water partition coefficient (Wildman–Crippen LogP) is 2.01. The van der Waals surface area contributed by atoms with Crippen LogP contribution >= 0.6 is 11.3 Å². The van der Waals surface area contributed by atoms with Gasteiger partial charge in [-0.25, -0.2) is 0 Å². The summed E-state index contributed by atoms with van der Waals surface area (Å²) in [6.07, 6.45) is 2.81. The van der Waals surface area contributed by atoms with Gasteiger partial charge in [0.25, 0.3) is 0 Å². The minimum atomic E-state index is 0.720. The Bertz CT molecular complexity index is 379. The quantitative estimate of drug-likeness (QED) is 0.832. The van der Waals surface area contributed by atoms with E-state index in [1.165, 1.54) is 43.9 Å². The van der Waals surface area contributed by atoms with Gasteiger partial charge >= 0.3 is 0 Å². The molecule has 2 fully saturated rings. The van der Waals surface area contributed by atoms with Gasteiger partial charge in [0.05, 0.1) is 0 Å². The normalized spacial score (nSPS) is 28.7. The highest BCUT2D eigenvalue weighted by molar-refractivity contribution is 7.09.